The lowest BCUT2D eigenvalue weighted by Gasteiger charge is -2.19. The zero-order chi connectivity index (χ0) is 16.8. The first-order valence-electron chi connectivity index (χ1n) is 7.38. The van der Waals surface area contributed by atoms with Crippen LogP contribution in [0.3, 0.4) is 0 Å². The first-order chi connectivity index (χ1) is 11.0. The zero-order valence-electron chi connectivity index (χ0n) is 13.0. The lowest BCUT2D eigenvalue weighted by molar-refractivity contribution is -0.143. The molecule has 2 rings (SSSR count). The van der Waals surface area contributed by atoms with E-state index < -0.39 is 12.0 Å². The van der Waals surface area contributed by atoms with Crippen LogP contribution in [0.5, 0.6) is 0 Å². The third kappa shape index (κ3) is 4.41. The molecule has 8 nitrogen and oxygen atoms in total. The second-order valence-electron chi connectivity index (χ2n) is 5.29. The van der Waals surface area contributed by atoms with Gasteiger partial charge in [0.25, 0.3) is 0 Å². The van der Waals surface area contributed by atoms with Crippen LogP contribution in [0.2, 0.25) is 0 Å². The molecule has 0 saturated carbocycles. The molecule has 0 bridgehead atoms. The lowest BCUT2D eigenvalue weighted by atomic mass is 9.99. The van der Waals surface area contributed by atoms with Gasteiger partial charge in [-0.15, -0.1) is 0 Å². The maximum Gasteiger partial charge on any atom is 0.326 e. The van der Waals surface area contributed by atoms with Crippen molar-refractivity contribution in [2.75, 3.05) is 0 Å². The van der Waals surface area contributed by atoms with Gasteiger partial charge in [-0.25, -0.2) is 4.79 Å². The summed E-state index contributed by atoms with van der Waals surface area (Å²) in [5.74, 6) is -0.843. The van der Waals surface area contributed by atoms with Crippen molar-refractivity contribution in [1.29, 1.82) is 0 Å². The fraction of sp³-hybridized carbons (Fsp3) is 0.467. The van der Waals surface area contributed by atoms with Crippen molar-refractivity contribution < 1.29 is 23.6 Å². The predicted molar refractivity (Wildman–Crippen MR) is 79.3 cm³/mol. The summed E-state index contributed by atoms with van der Waals surface area (Å²) in [5, 5.41) is 15.5. The first-order valence-corrected chi connectivity index (χ1v) is 7.38. The minimum absolute atomic E-state index is 0.0766. The number of amides is 1. The summed E-state index contributed by atoms with van der Waals surface area (Å²) in [6, 6.07) is 0.807. The van der Waals surface area contributed by atoms with E-state index in [0.717, 1.165) is 0 Å². The number of aliphatic carboxylic acids is 1. The molecular formula is C15H19N3O5. The number of rotatable bonds is 8. The number of carbonyl (C=O) groups is 2. The van der Waals surface area contributed by atoms with Crippen molar-refractivity contribution in [3.8, 4) is 11.4 Å². The molecule has 0 radical (unpaired) electrons. The average Bonchev–Trinajstić information content (AvgIpc) is 3.20. The van der Waals surface area contributed by atoms with Gasteiger partial charge in [0, 0.05) is 12.8 Å². The number of furan rings is 1. The quantitative estimate of drug-likeness (QED) is 0.761. The normalized spacial score (nSPS) is 13.5. The minimum atomic E-state index is -1.03. The molecule has 124 valence electrons. The number of aryl methyl sites for hydroxylation is 1. The van der Waals surface area contributed by atoms with Gasteiger partial charge in [-0.1, -0.05) is 25.4 Å². The van der Waals surface area contributed by atoms with Crippen molar-refractivity contribution in [1.82, 2.24) is 15.5 Å². The van der Waals surface area contributed by atoms with E-state index in [1.165, 1.54) is 12.5 Å². The summed E-state index contributed by atoms with van der Waals surface area (Å²) in [6.45, 7) is 3.66. The Balaban J connectivity index is 1.88. The van der Waals surface area contributed by atoms with E-state index in [2.05, 4.69) is 15.5 Å². The number of nitrogens with zero attached hydrogens (tertiary/aromatic N) is 2. The second kappa shape index (κ2) is 7.57. The molecule has 8 heteroatoms. The van der Waals surface area contributed by atoms with Crippen LogP contribution in [0.25, 0.3) is 11.4 Å². The summed E-state index contributed by atoms with van der Waals surface area (Å²) in [6.07, 6.45) is 3.97. The largest absolute Gasteiger partial charge is 0.480 e. The summed E-state index contributed by atoms with van der Waals surface area (Å²) >= 11 is 0. The molecule has 0 aromatic carbocycles. The van der Waals surface area contributed by atoms with Crippen LogP contribution in [0.4, 0.5) is 0 Å². The van der Waals surface area contributed by atoms with Gasteiger partial charge in [-0.2, -0.15) is 4.98 Å². The molecule has 0 fully saturated rings. The lowest BCUT2D eigenvalue weighted by Crippen LogP contribution is -2.45. The fourth-order valence-corrected chi connectivity index (χ4v) is 2.01. The monoisotopic (exact) mass is 321 g/mol. The van der Waals surface area contributed by atoms with E-state index in [1.807, 2.05) is 6.92 Å². The maximum absolute atomic E-state index is 11.9. The Kier molecular flexibility index (Phi) is 5.51. The Bertz CT molecular complexity index is 650. The van der Waals surface area contributed by atoms with E-state index in [9.17, 15) is 9.59 Å². The van der Waals surface area contributed by atoms with Crippen molar-refractivity contribution >= 4 is 11.9 Å². The molecule has 2 heterocycles. The highest BCUT2D eigenvalue weighted by atomic mass is 16.5. The topological polar surface area (TPSA) is 118 Å². The fourth-order valence-electron chi connectivity index (χ4n) is 2.01. The molecule has 2 atom stereocenters. The van der Waals surface area contributed by atoms with Crippen molar-refractivity contribution in [2.45, 2.75) is 39.2 Å². The molecule has 23 heavy (non-hydrogen) atoms. The van der Waals surface area contributed by atoms with Gasteiger partial charge in [0.1, 0.15) is 12.3 Å². The van der Waals surface area contributed by atoms with E-state index >= 15 is 0 Å². The number of carbonyl (C=O) groups excluding carboxylic acids is 1. The third-order valence-corrected chi connectivity index (χ3v) is 3.61. The van der Waals surface area contributed by atoms with E-state index in [1.54, 1.807) is 13.0 Å². The number of carboxylic acids is 1. The van der Waals surface area contributed by atoms with Crippen molar-refractivity contribution in [3.05, 3.63) is 24.5 Å². The van der Waals surface area contributed by atoms with Gasteiger partial charge < -0.3 is 19.4 Å². The Morgan fingerprint density at radius 2 is 2.22 bits per heavy atom. The smallest absolute Gasteiger partial charge is 0.326 e. The molecule has 1 amide bonds. The van der Waals surface area contributed by atoms with Gasteiger partial charge >= 0.3 is 5.97 Å². The Morgan fingerprint density at radius 3 is 2.83 bits per heavy atom. The van der Waals surface area contributed by atoms with E-state index in [0.29, 0.717) is 23.7 Å². The average molecular weight is 321 g/mol. The molecule has 0 spiro atoms. The van der Waals surface area contributed by atoms with Crippen LogP contribution < -0.4 is 5.32 Å². The number of hydrogen-bond acceptors (Lipinski definition) is 6. The van der Waals surface area contributed by atoms with Gasteiger partial charge in [0.2, 0.25) is 17.6 Å². The summed E-state index contributed by atoms with van der Waals surface area (Å²) in [7, 11) is 0. The number of hydrogen-bond donors (Lipinski definition) is 2. The van der Waals surface area contributed by atoms with Crippen LogP contribution in [-0.4, -0.2) is 33.2 Å². The highest BCUT2D eigenvalue weighted by Crippen LogP contribution is 2.16. The Morgan fingerprint density at radius 1 is 1.43 bits per heavy atom. The molecule has 2 N–H and O–H groups in total. The van der Waals surface area contributed by atoms with Gasteiger partial charge in [-0.05, 0) is 12.0 Å². The van der Waals surface area contributed by atoms with Crippen molar-refractivity contribution in [2.24, 2.45) is 5.92 Å². The third-order valence-electron chi connectivity index (χ3n) is 3.61. The molecule has 0 aliphatic carbocycles. The Hall–Kier alpha value is -2.64. The van der Waals surface area contributed by atoms with Gasteiger partial charge in [-0.3, -0.25) is 4.79 Å². The SMILES string of the molecule is CCC(C)C(NC(=O)CCc1nc(-c2ccoc2)no1)C(=O)O. The highest BCUT2D eigenvalue weighted by molar-refractivity contribution is 5.83. The van der Waals surface area contributed by atoms with Crippen LogP contribution >= 0.6 is 0 Å². The van der Waals surface area contributed by atoms with Crippen LogP contribution in [0, 0.1) is 5.92 Å². The van der Waals surface area contributed by atoms with E-state index in [-0.39, 0.29) is 24.7 Å². The number of carboxylic acid groups (broad SMARTS) is 1. The predicted octanol–water partition coefficient (Wildman–Crippen LogP) is 1.88. The molecule has 0 aliphatic heterocycles. The first kappa shape index (κ1) is 16.7. The summed E-state index contributed by atoms with van der Waals surface area (Å²) in [4.78, 5) is 27.2. The molecule has 2 unspecified atom stereocenters. The van der Waals surface area contributed by atoms with Crippen LogP contribution in [0.1, 0.15) is 32.6 Å². The molecule has 0 saturated heterocycles. The van der Waals surface area contributed by atoms with E-state index in [4.69, 9.17) is 14.0 Å². The minimum Gasteiger partial charge on any atom is -0.480 e. The van der Waals surface area contributed by atoms with Crippen LogP contribution in [-0.2, 0) is 16.0 Å². The van der Waals surface area contributed by atoms with Crippen LogP contribution in [0.15, 0.2) is 27.5 Å². The number of nitrogens with one attached hydrogen (secondary N) is 1. The summed E-state index contributed by atoms with van der Waals surface area (Å²) < 4.78 is 9.99. The maximum atomic E-state index is 11.9. The number of aromatic nitrogens is 2. The van der Waals surface area contributed by atoms with Gasteiger partial charge in [0.05, 0.1) is 11.8 Å². The second-order valence-corrected chi connectivity index (χ2v) is 5.29. The molecular weight excluding hydrogens is 302 g/mol. The Labute approximate surface area is 132 Å². The summed E-state index contributed by atoms with van der Waals surface area (Å²) in [5.41, 5.74) is 0.687. The zero-order valence-corrected chi connectivity index (χ0v) is 13.0. The highest BCUT2D eigenvalue weighted by Gasteiger charge is 2.25. The standard InChI is InChI=1S/C15H19N3O5/c1-3-9(2)13(15(20)21)16-11(19)4-5-12-17-14(18-23-12)10-6-7-22-8-10/h6-9,13H,3-5H2,1-2H3,(H,16,19)(H,20,21). The van der Waals surface area contributed by atoms with Crippen molar-refractivity contribution in [3.63, 3.8) is 0 Å². The molecule has 2 aromatic rings. The molecule has 0 aliphatic rings. The van der Waals surface area contributed by atoms with Gasteiger partial charge in [0.15, 0.2) is 0 Å². The molecule has 2 aromatic heterocycles.